The number of nitrogens with zero attached hydrogens (tertiary/aromatic N) is 2. The van der Waals surface area contributed by atoms with E-state index in [1.54, 1.807) is 0 Å². The first kappa shape index (κ1) is 12.0. The third-order valence-electron chi connectivity index (χ3n) is 1.55. The summed E-state index contributed by atoms with van der Waals surface area (Å²) in [6.07, 6.45) is 2.52. The van der Waals surface area contributed by atoms with Gasteiger partial charge in [-0.3, -0.25) is 0 Å². The molecule has 0 saturated heterocycles. The molecule has 84 valence electrons. The largest absolute Gasteiger partial charge is 0.394 e. The molecule has 0 bridgehead atoms. The molecule has 0 fully saturated rings. The second kappa shape index (κ2) is 4.63. The van der Waals surface area contributed by atoms with Crippen LogP contribution < -0.4 is 11.1 Å². The summed E-state index contributed by atoms with van der Waals surface area (Å²) in [5.74, 6) is 0.354. The van der Waals surface area contributed by atoms with E-state index in [-0.39, 0.29) is 17.6 Å². The number of aromatic nitrogens is 2. The zero-order valence-electron chi connectivity index (χ0n) is 8.07. The Kier molecular flexibility index (Phi) is 3.70. The van der Waals surface area contributed by atoms with E-state index in [1.807, 2.05) is 0 Å². The summed E-state index contributed by atoms with van der Waals surface area (Å²) >= 11 is 5.55. The molecule has 0 saturated carbocycles. The van der Waals surface area contributed by atoms with E-state index >= 15 is 0 Å². The van der Waals surface area contributed by atoms with Crippen LogP contribution in [0.1, 0.15) is 0 Å². The molecule has 1 aromatic heterocycles. The molecule has 1 heterocycles. The smallest absolute Gasteiger partial charge is 0.224 e. The molecular formula is C7H11ClN4O2S. The molecule has 0 aliphatic rings. The number of hydrogen-bond donors (Lipinski definition) is 2. The van der Waals surface area contributed by atoms with Gasteiger partial charge in [0.25, 0.3) is 0 Å². The van der Waals surface area contributed by atoms with Gasteiger partial charge in [-0.05, 0) is 11.6 Å². The van der Waals surface area contributed by atoms with Crippen molar-refractivity contribution in [1.29, 1.82) is 0 Å². The van der Waals surface area contributed by atoms with E-state index in [2.05, 4.69) is 15.3 Å². The van der Waals surface area contributed by atoms with Crippen molar-refractivity contribution in [1.82, 2.24) is 9.97 Å². The number of nitrogens with one attached hydrogen (secondary N) is 1. The third-order valence-corrected chi connectivity index (χ3v) is 2.68. The molecular weight excluding hydrogens is 240 g/mol. The van der Waals surface area contributed by atoms with E-state index in [1.165, 1.54) is 6.20 Å². The molecule has 0 aliphatic heterocycles. The lowest BCUT2D eigenvalue weighted by molar-refractivity contribution is 0.602. The minimum atomic E-state index is -3.00. The van der Waals surface area contributed by atoms with Gasteiger partial charge >= 0.3 is 0 Å². The average molecular weight is 251 g/mol. The fourth-order valence-corrected chi connectivity index (χ4v) is 1.47. The van der Waals surface area contributed by atoms with Crippen LogP contribution in [0.5, 0.6) is 0 Å². The van der Waals surface area contributed by atoms with Crippen molar-refractivity contribution < 1.29 is 8.42 Å². The molecule has 0 aromatic carbocycles. The summed E-state index contributed by atoms with van der Waals surface area (Å²) in [5.41, 5.74) is 5.87. The van der Waals surface area contributed by atoms with Crippen LogP contribution >= 0.6 is 11.6 Å². The summed E-state index contributed by atoms with van der Waals surface area (Å²) in [4.78, 5) is 7.48. The van der Waals surface area contributed by atoms with Crippen molar-refractivity contribution in [2.45, 2.75) is 0 Å². The summed E-state index contributed by atoms with van der Waals surface area (Å²) in [7, 11) is -3.00. The molecule has 6 nitrogen and oxygen atoms in total. The second-order valence-electron chi connectivity index (χ2n) is 3.00. The molecule has 3 N–H and O–H groups in total. The minimum Gasteiger partial charge on any atom is -0.394 e. The first-order chi connectivity index (χ1) is 6.88. The molecule has 1 aromatic rings. The van der Waals surface area contributed by atoms with Gasteiger partial charge in [-0.25, -0.2) is 13.4 Å². The number of sulfone groups is 1. The van der Waals surface area contributed by atoms with Gasteiger partial charge in [0.2, 0.25) is 5.28 Å². The predicted octanol–water partition coefficient (Wildman–Crippen LogP) is 0.169. The first-order valence-electron chi connectivity index (χ1n) is 4.08. The van der Waals surface area contributed by atoms with Gasteiger partial charge in [-0.2, -0.15) is 4.98 Å². The Morgan fingerprint density at radius 1 is 1.60 bits per heavy atom. The van der Waals surface area contributed by atoms with Crippen LogP contribution in [0.3, 0.4) is 0 Å². The number of halogens is 1. The van der Waals surface area contributed by atoms with Crippen molar-refractivity contribution in [3.05, 3.63) is 11.5 Å². The highest BCUT2D eigenvalue weighted by atomic mass is 35.5. The monoisotopic (exact) mass is 250 g/mol. The number of anilines is 2. The van der Waals surface area contributed by atoms with Crippen LogP contribution in [0, 0.1) is 0 Å². The number of hydrogen-bond acceptors (Lipinski definition) is 6. The molecule has 0 amide bonds. The molecule has 1 rings (SSSR count). The Bertz CT molecular complexity index is 448. The highest BCUT2D eigenvalue weighted by molar-refractivity contribution is 7.90. The highest BCUT2D eigenvalue weighted by Crippen LogP contribution is 2.15. The van der Waals surface area contributed by atoms with Gasteiger partial charge in [0.05, 0.1) is 17.6 Å². The van der Waals surface area contributed by atoms with Gasteiger partial charge in [0, 0.05) is 12.8 Å². The summed E-state index contributed by atoms with van der Waals surface area (Å²) in [6.45, 7) is 0.233. The van der Waals surface area contributed by atoms with Crippen LogP contribution in [-0.2, 0) is 9.84 Å². The Hall–Kier alpha value is -1.08. The van der Waals surface area contributed by atoms with Crippen molar-refractivity contribution in [3.63, 3.8) is 0 Å². The highest BCUT2D eigenvalue weighted by Gasteiger charge is 2.05. The maximum atomic E-state index is 10.8. The average Bonchev–Trinajstić information content (AvgIpc) is 2.09. The normalized spacial score (nSPS) is 11.3. The topological polar surface area (TPSA) is 98.0 Å². The van der Waals surface area contributed by atoms with Crippen molar-refractivity contribution >= 4 is 32.9 Å². The van der Waals surface area contributed by atoms with E-state index in [9.17, 15) is 8.42 Å². The zero-order chi connectivity index (χ0) is 11.5. The van der Waals surface area contributed by atoms with Gasteiger partial charge in [-0.1, -0.05) is 0 Å². The van der Waals surface area contributed by atoms with Crippen LogP contribution in [0.25, 0.3) is 0 Å². The standard InChI is InChI=1S/C7H11ClN4O2S/c1-15(13,14)3-2-10-6-5(9)4-11-7(8)12-6/h4H,2-3,9H2,1H3,(H,10,11,12). The quantitative estimate of drug-likeness (QED) is 0.739. The van der Waals surface area contributed by atoms with E-state index < -0.39 is 9.84 Å². The zero-order valence-corrected chi connectivity index (χ0v) is 9.64. The lowest BCUT2D eigenvalue weighted by Gasteiger charge is -2.06. The van der Waals surface area contributed by atoms with Gasteiger partial charge in [0.1, 0.15) is 9.84 Å². The molecule has 8 heteroatoms. The molecule has 0 spiro atoms. The van der Waals surface area contributed by atoms with Crippen LogP contribution in [0.15, 0.2) is 6.20 Å². The predicted molar refractivity (Wildman–Crippen MR) is 59.7 cm³/mol. The summed E-state index contributed by atoms with van der Waals surface area (Å²) in [5, 5.41) is 2.83. The van der Waals surface area contributed by atoms with Gasteiger partial charge < -0.3 is 11.1 Å². The SMILES string of the molecule is CS(=O)(=O)CCNc1nc(Cl)ncc1N. The Morgan fingerprint density at radius 3 is 2.87 bits per heavy atom. The summed E-state index contributed by atoms with van der Waals surface area (Å²) < 4.78 is 21.7. The Morgan fingerprint density at radius 2 is 2.27 bits per heavy atom. The summed E-state index contributed by atoms with van der Waals surface area (Å²) in [6, 6.07) is 0. The van der Waals surface area contributed by atoms with Crippen molar-refractivity contribution in [3.8, 4) is 0 Å². The lowest BCUT2D eigenvalue weighted by atomic mass is 10.5. The van der Waals surface area contributed by atoms with E-state index in [4.69, 9.17) is 17.3 Å². The number of rotatable bonds is 4. The molecule has 0 unspecified atom stereocenters. The fourth-order valence-electron chi connectivity index (χ4n) is 0.866. The maximum absolute atomic E-state index is 10.8. The van der Waals surface area contributed by atoms with Crippen molar-refractivity contribution in [2.24, 2.45) is 0 Å². The van der Waals surface area contributed by atoms with Gasteiger partial charge in [0.15, 0.2) is 5.82 Å². The van der Waals surface area contributed by atoms with Crippen molar-refractivity contribution in [2.75, 3.05) is 29.6 Å². The molecule has 0 radical (unpaired) electrons. The maximum Gasteiger partial charge on any atom is 0.224 e. The van der Waals surface area contributed by atoms with Gasteiger partial charge in [-0.15, -0.1) is 0 Å². The fraction of sp³-hybridized carbons (Fsp3) is 0.429. The van der Waals surface area contributed by atoms with E-state index in [0.29, 0.717) is 11.5 Å². The van der Waals surface area contributed by atoms with Crippen LogP contribution in [0.2, 0.25) is 5.28 Å². The lowest BCUT2D eigenvalue weighted by Crippen LogP contribution is -2.15. The van der Waals surface area contributed by atoms with Crippen LogP contribution in [-0.4, -0.2) is 36.9 Å². The Balaban J connectivity index is 2.61. The third kappa shape index (κ3) is 4.30. The number of nitrogens with two attached hydrogens (primary N) is 1. The molecule has 0 aliphatic carbocycles. The van der Waals surface area contributed by atoms with Crippen LogP contribution in [0.4, 0.5) is 11.5 Å². The second-order valence-corrected chi connectivity index (χ2v) is 5.60. The minimum absolute atomic E-state index is 0.00800. The Labute approximate surface area is 92.8 Å². The molecule has 15 heavy (non-hydrogen) atoms. The number of nitrogen functional groups attached to an aromatic ring is 1. The van der Waals surface area contributed by atoms with E-state index in [0.717, 1.165) is 6.26 Å². The first-order valence-corrected chi connectivity index (χ1v) is 6.52. The molecule has 0 atom stereocenters.